The largest absolute Gasteiger partial charge is 0.480 e. The molecule has 0 aliphatic rings. The Morgan fingerprint density at radius 1 is 1.08 bits per heavy atom. The van der Waals surface area contributed by atoms with Crippen LogP contribution in [0.25, 0.3) is 0 Å². The SMILES string of the molecule is CC(=O)Nc1ccccc1C(=O)N[C@H](Cc1ccccc1Cl)C(=O)O. The first-order chi connectivity index (χ1) is 11.9. The van der Waals surface area contributed by atoms with Crippen LogP contribution in [-0.4, -0.2) is 28.9 Å². The third kappa shape index (κ3) is 5.06. The molecule has 0 aliphatic carbocycles. The van der Waals surface area contributed by atoms with E-state index in [1.165, 1.54) is 13.0 Å². The summed E-state index contributed by atoms with van der Waals surface area (Å²) in [5.74, 6) is -2.10. The summed E-state index contributed by atoms with van der Waals surface area (Å²) in [4.78, 5) is 35.2. The Hall–Kier alpha value is -2.86. The maximum Gasteiger partial charge on any atom is 0.326 e. The van der Waals surface area contributed by atoms with Gasteiger partial charge in [0.25, 0.3) is 5.91 Å². The topological polar surface area (TPSA) is 95.5 Å². The lowest BCUT2D eigenvalue weighted by molar-refractivity contribution is -0.139. The zero-order valence-corrected chi connectivity index (χ0v) is 14.2. The maximum atomic E-state index is 12.5. The molecule has 0 bridgehead atoms. The van der Waals surface area contributed by atoms with Crippen LogP contribution in [0.2, 0.25) is 5.02 Å². The molecule has 0 spiro atoms. The molecule has 2 amide bonds. The molecule has 0 fully saturated rings. The highest BCUT2D eigenvalue weighted by Crippen LogP contribution is 2.18. The molecule has 0 aliphatic heterocycles. The van der Waals surface area contributed by atoms with E-state index in [0.29, 0.717) is 16.3 Å². The van der Waals surface area contributed by atoms with Gasteiger partial charge in [-0.1, -0.05) is 41.9 Å². The lowest BCUT2D eigenvalue weighted by Gasteiger charge is -2.17. The molecule has 2 aromatic carbocycles. The van der Waals surface area contributed by atoms with Gasteiger partial charge in [-0.25, -0.2) is 4.79 Å². The zero-order chi connectivity index (χ0) is 18.4. The normalized spacial score (nSPS) is 11.4. The van der Waals surface area contributed by atoms with Crippen molar-refractivity contribution in [2.24, 2.45) is 0 Å². The average Bonchev–Trinajstić information content (AvgIpc) is 2.55. The first-order valence-corrected chi connectivity index (χ1v) is 7.90. The number of halogens is 1. The number of carbonyl (C=O) groups is 3. The second-order valence-corrected chi connectivity index (χ2v) is 5.79. The van der Waals surface area contributed by atoms with Gasteiger partial charge >= 0.3 is 5.97 Å². The van der Waals surface area contributed by atoms with Gasteiger partial charge in [0.1, 0.15) is 6.04 Å². The number of rotatable bonds is 6. The van der Waals surface area contributed by atoms with E-state index in [9.17, 15) is 19.5 Å². The molecule has 0 saturated heterocycles. The summed E-state index contributed by atoms with van der Waals surface area (Å²) in [6.07, 6.45) is 0.0447. The van der Waals surface area contributed by atoms with E-state index >= 15 is 0 Å². The van der Waals surface area contributed by atoms with Gasteiger partial charge in [0, 0.05) is 18.4 Å². The van der Waals surface area contributed by atoms with Crippen molar-refractivity contribution in [3.05, 3.63) is 64.7 Å². The third-order valence-corrected chi connectivity index (χ3v) is 3.84. The van der Waals surface area contributed by atoms with Crippen molar-refractivity contribution in [1.29, 1.82) is 0 Å². The van der Waals surface area contributed by atoms with Crippen LogP contribution in [0.3, 0.4) is 0 Å². The number of carboxylic acids is 1. The van der Waals surface area contributed by atoms with E-state index in [2.05, 4.69) is 10.6 Å². The predicted octanol–water partition coefficient (Wildman–Crippen LogP) is 2.72. The monoisotopic (exact) mass is 360 g/mol. The first kappa shape index (κ1) is 18.5. The second kappa shape index (κ2) is 8.30. The molecule has 3 N–H and O–H groups in total. The molecule has 0 heterocycles. The van der Waals surface area contributed by atoms with Crippen LogP contribution in [0.4, 0.5) is 5.69 Å². The number of nitrogens with one attached hydrogen (secondary N) is 2. The fourth-order valence-corrected chi connectivity index (χ4v) is 2.51. The lowest BCUT2D eigenvalue weighted by Crippen LogP contribution is -2.42. The van der Waals surface area contributed by atoms with Crippen molar-refractivity contribution in [2.45, 2.75) is 19.4 Å². The Morgan fingerprint density at radius 2 is 1.72 bits per heavy atom. The molecule has 2 rings (SSSR count). The van der Waals surface area contributed by atoms with Gasteiger partial charge in [-0.2, -0.15) is 0 Å². The van der Waals surface area contributed by atoms with Crippen LogP contribution in [0, 0.1) is 0 Å². The maximum absolute atomic E-state index is 12.5. The predicted molar refractivity (Wildman–Crippen MR) is 94.8 cm³/mol. The van der Waals surface area contributed by atoms with Crippen LogP contribution in [0.5, 0.6) is 0 Å². The summed E-state index contributed by atoms with van der Waals surface area (Å²) in [6.45, 7) is 1.33. The van der Waals surface area contributed by atoms with E-state index in [0.717, 1.165) is 0 Å². The van der Waals surface area contributed by atoms with Crippen LogP contribution in [-0.2, 0) is 16.0 Å². The molecule has 0 saturated carbocycles. The number of anilines is 1. The Labute approximate surface area is 149 Å². The van der Waals surface area contributed by atoms with E-state index in [-0.39, 0.29) is 17.9 Å². The zero-order valence-electron chi connectivity index (χ0n) is 13.5. The van der Waals surface area contributed by atoms with E-state index in [4.69, 9.17) is 11.6 Å². The van der Waals surface area contributed by atoms with Crippen LogP contribution < -0.4 is 10.6 Å². The Kier molecular flexibility index (Phi) is 6.14. The van der Waals surface area contributed by atoms with Gasteiger partial charge in [0.05, 0.1) is 11.3 Å². The van der Waals surface area contributed by atoms with Crippen LogP contribution in [0.1, 0.15) is 22.8 Å². The Balaban J connectivity index is 2.20. The molecule has 1 atom stereocenters. The molecule has 7 heteroatoms. The van der Waals surface area contributed by atoms with Crippen molar-refractivity contribution in [3.63, 3.8) is 0 Å². The van der Waals surface area contributed by atoms with Gasteiger partial charge in [-0.15, -0.1) is 0 Å². The highest BCUT2D eigenvalue weighted by Gasteiger charge is 2.23. The fraction of sp³-hybridized carbons (Fsp3) is 0.167. The molecule has 6 nitrogen and oxygen atoms in total. The van der Waals surface area contributed by atoms with Crippen LogP contribution >= 0.6 is 11.6 Å². The van der Waals surface area contributed by atoms with Gasteiger partial charge in [0.15, 0.2) is 0 Å². The minimum atomic E-state index is -1.18. The number of benzene rings is 2. The quantitative estimate of drug-likeness (QED) is 0.738. The lowest BCUT2D eigenvalue weighted by atomic mass is 10.0. The van der Waals surface area contributed by atoms with E-state index in [1.54, 1.807) is 42.5 Å². The first-order valence-electron chi connectivity index (χ1n) is 7.52. The van der Waals surface area contributed by atoms with Gasteiger partial charge < -0.3 is 15.7 Å². The number of aliphatic carboxylic acids is 1. The summed E-state index contributed by atoms with van der Waals surface area (Å²) in [5, 5.41) is 14.9. The van der Waals surface area contributed by atoms with Crippen molar-refractivity contribution >= 4 is 35.1 Å². The van der Waals surface area contributed by atoms with Crippen molar-refractivity contribution in [2.75, 3.05) is 5.32 Å². The molecule has 130 valence electrons. The minimum Gasteiger partial charge on any atom is -0.480 e. The number of carboxylic acid groups (broad SMARTS) is 1. The van der Waals surface area contributed by atoms with Gasteiger partial charge in [-0.05, 0) is 23.8 Å². The Bertz CT molecular complexity index is 807. The molecule has 0 aromatic heterocycles. The smallest absolute Gasteiger partial charge is 0.326 e. The van der Waals surface area contributed by atoms with Crippen molar-refractivity contribution < 1.29 is 19.5 Å². The second-order valence-electron chi connectivity index (χ2n) is 5.39. The number of hydrogen-bond donors (Lipinski definition) is 3. The fourth-order valence-electron chi connectivity index (χ4n) is 2.30. The van der Waals surface area contributed by atoms with Crippen LogP contribution in [0.15, 0.2) is 48.5 Å². The standard InChI is InChI=1S/C18H17ClN2O4/c1-11(22)20-15-9-5-3-7-13(15)17(23)21-16(18(24)25)10-12-6-2-4-8-14(12)19/h2-9,16H,10H2,1H3,(H,20,22)(H,21,23)(H,24,25)/t16-/m1/s1. The van der Waals surface area contributed by atoms with Crippen molar-refractivity contribution in [1.82, 2.24) is 5.32 Å². The molecular formula is C18H17ClN2O4. The molecular weight excluding hydrogens is 344 g/mol. The summed E-state index contributed by atoms with van der Waals surface area (Å²) in [5.41, 5.74) is 1.12. The molecule has 2 aromatic rings. The molecule has 0 radical (unpaired) electrons. The highest BCUT2D eigenvalue weighted by atomic mass is 35.5. The van der Waals surface area contributed by atoms with E-state index < -0.39 is 17.9 Å². The number of carbonyl (C=O) groups excluding carboxylic acids is 2. The Morgan fingerprint density at radius 3 is 2.36 bits per heavy atom. The minimum absolute atomic E-state index is 0.0447. The van der Waals surface area contributed by atoms with Gasteiger partial charge in [-0.3, -0.25) is 9.59 Å². The number of para-hydroxylation sites is 1. The summed E-state index contributed by atoms with van der Waals surface area (Å²) in [6, 6.07) is 12.1. The van der Waals surface area contributed by atoms with Crippen molar-refractivity contribution in [3.8, 4) is 0 Å². The average molecular weight is 361 g/mol. The number of amides is 2. The van der Waals surface area contributed by atoms with Gasteiger partial charge in [0.2, 0.25) is 5.91 Å². The highest BCUT2D eigenvalue weighted by molar-refractivity contribution is 6.31. The summed E-state index contributed by atoms with van der Waals surface area (Å²) in [7, 11) is 0. The molecule has 25 heavy (non-hydrogen) atoms. The summed E-state index contributed by atoms with van der Waals surface area (Å²) >= 11 is 6.06. The molecule has 0 unspecified atom stereocenters. The summed E-state index contributed by atoms with van der Waals surface area (Å²) < 4.78 is 0. The number of hydrogen-bond acceptors (Lipinski definition) is 3. The van der Waals surface area contributed by atoms with E-state index in [1.807, 2.05) is 0 Å². The third-order valence-electron chi connectivity index (χ3n) is 3.47.